The van der Waals surface area contributed by atoms with Crippen molar-refractivity contribution in [3.05, 3.63) is 23.0 Å². The zero-order chi connectivity index (χ0) is 11.6. The molecule has 16 heavy (non-hydrogen) atoms. The molecular weight excluding hydrogens is 230 g/mol. The number of carbonyl (C=O) groups excluding carboxylic acids is 1. The van der Waals surface area contributed by atoms with Gasteiger partial charge in [0.15, 0.2) is 10.8 Å². The van der Waals surface area contributed by atoms with Gasteiger partial charge in [0, 0.05) is 6.54 Å². The highest BCUT2D eigenvalue weighted by Crippen LogP contribution is 2.30. The fourth-order valence-electron chi connectivity index (χ4n) is 1.53. The zero-order valence-corrected chi connectivity index (χ0v) is 9.37. The molecule has 1 aromatic rings. The Kier molecular flexibility index (Phi) is 3.07. The van der Waals surface area contributed by atoms with Crippen molar-refractivity contribution < 1.29 is 9.90 Å². The summed E-state index contributed by atoms with van der Waals surface area (Å²) < 4.78 is 0. The van der Waals surface area contributed by atoms with E-state index in [0.29, 0.717) is 0 Å². The van der Waals surface area contributed by atoms with Crippen molar-refractivity contribution in [1.29, 1.82) is 0 Å². The first kappa shape index (κ1) is 11.3. The molecule has 1 heterocycles. The van der Waals surface area contributed by atoms with Gasteiger partial charge in [-0.3, -0.25) is 4.79 Å². The Morgan fingerprint density at radius 3 is 2.75 bits per heavy atom. The molecule has 0 aliphatic heterocycles. The van der Waals surface area contributed by atoms with Gasteiger partial charge in [-0.15, -0.1) is 10.2 Å². The van der Waals surface area contributed by atoms with Gasteiger partial charge < -0.3 is 10.4 Å². The molecule has 2 rings (SSSR count). The number of hydrogen-bond donors (Lipinski definition) is 2. The van der Waals surface area contributed by atoms with Crippen molar-refractivity contribution >= 4 is 17.5 Å². The highest BCUT2D eigenvalue weighted by atomic mass is 35.5. The Morgan fingerprint density at radius 1 is 1.50 bits per heavy atom. The Labute approximate surface area is 97.8 Å². The van der Waals surface area contributed by atoms with Crippen LogP contribution in [0.25, 0.3) is 0 Å². The molecule has 1 amide bonds. The van der Waals surface area contributed by atoms with Crippen LogP contribution in [-0.2, 0) is 0 Å². The maximum atomic E-state index is 11.6. The van der Waals surface area contributed by atoms with E-state index >= 15 is 0 Å². The highest BCUT2D eigenvalue weighted by Gasteiger charge is 2.34. The predicted molar refractivity (Wildman–Crippen MR) is 58.2 cm³/mol. The van der Waals surface area contributed by atoms with Gasteiger partial charge in [0.1, 0.15) is 0 Å². The number of hydrogen-bond acceptors (Lipinski definition) is 4. The number of rotatable bonds is 3. The number of carbonyl (C=O) groups is 1. The summed E-state index contributed by atoms with van der Waals surface area (Å²) in [7, 11) is 0. The van der Waals surface area contributed by atoms with Crippen LogP contribution in [0.2, 0.25) is 5.15 Å². The number of halogens is 1. The third kappa shape index (κ3) is 2.48. The molecule has 5 nitrogen and oxygen atoms in total. The van der Waals surface area contributed by atoms with E-state index in [1.807, 2.05) is 0 Å². The van der Waals surface area contributed by atoms with Crippen molar-refractivity contribution in [1.82, 2.24) is 15.5 Å². The number of nitrogens with one attached hydrogen (secondary N) is 1. The lowest BCUT2D eigenvalue weighted by molar-refractivity contribution is -0.0300. The van der Waals surface area contributed by atoms with Gasteiger partial charge >= 0.3 is 0 Å². The second-order valence-electron chi connectivity index (χ2n) is 4.00. The van der Waals surface area contributed by atoms with Gasteiger partial charge in [-0.05, 0) is 31.4 Å². The average Bonchev–Trinajstić information content (AvgIpc) is 2.24. The van der Waals surface area contributed by atoms with E-state index in [4.69, 9.17) is 11.6 Å². The summed E-state index contributed by atoms with van der Waals surface area (Å²) in [6.45, 7) is 0.260. The first-order valence-electron chi connectivity index (χ1n) is 5.09. The Balaban J connectivity index is 1.90. The van der Waals surface area contributed by atoms with Crippen LogP contribution >= 0.6 is 11.6 Å². The molecule has 1 fully saturated rings. The van der Waals surface area contributed by atoms with Crippen molar-refractivity contribution in [2.45, 2.75) is 24.9 Å². The molecule has 1 saturated carbocycles. The Hall–Kier alpha value is -1.20. The topological polar surface area (TPSA) is 75.1 Å². The minimum absolute atomic E-state index is 0.201. The van der Waals surface area contributed by atoms with Crippen LogP contribution in [-0.4, -0.2) is 33.4 Å². The molecule has 0 atom stereocenters. The van der Waals surface area contributed by atoms with Crippen LogP contribution in [0, 0.1) is 0 Å². The van der Waals surface area contributed by atoms with Crippen LogP contribution in [0.1, 0.15) is 29.8 Å². The quantitative estimate of drug-likeness (QED) is 0.820. The predicted octanol–water partition coefficient (Wildman–Crippen LogP) is 0.775. The van der Waals surface area contributed by atoms with E-state index in [1.165, 1.54) is 12.1 Å². The van der Waals surface area contributed by atoms with Gasteiger partial charge in [-0.25, -0.2) is 0 Å². The zero-order valence-electron chi connectivity index (χ0n) is 8.61. The molecule has 0 bridgehead atoms. The minimum atomic E-state index is -0.727. The van der Waals surface area contributed by atoms with Gasteiger partial charge in [0.25, 0.3) is 5.91 Å². The van der Waals surface area contributed by atoms with Crippen LogP contribution < -0.4 is 5.32 Å². The standard InChI is InChI=1S/C10H12ClN3O2/c11-8-3-2-7(13-14-8)9(15)12-6-10(16)4-1-5-10/h2-3,16H,1,4-6H2,(H,12,15). The number of amides is 1. The molecule has 0 spiro atoms. The molecule has 2 N–H and O–H groups in total. The molecule has 1 aromatic heterocycles. The minimum Gasteiger partial charge on any atom is -0.388 e. The summed E-state index contributed by atoms with van der Waals surface area (Å²) in [5.41, 5.74) is -0.525. The van der Waals surface area contributed by atoms with Gasteiger partial charge in [0.2, 0.25) is 0 Å². The Morgan fingerprint density at radius 2 is 2.25 bits per heavy atom. The maximum absolute atomic E-state index is 11.6. The third-order valence-electron chi connectivity index (χ3n) is 2.73. The monoisotopic (exact) mass is 241 g/mol. The molecule has 1 aliphatic rings. The number of nitrogens with zero attached hydrogens (tertiary/aromatic N) is 2. The SMILES string of the molecule is O=C(NCC1(O)CCC1)c1ccc(Cl)nn1. The summed E-state index contributed by atoms with van der Waals surface area (Å²) in [4.78, 5) is 11.6. The lowest BCUT2D eigenvalue weighted by Crippen LogP contribution is -2.47. The second-order valence-corrected chi connectivity index (χ2v) is 4.39. The van der Waals surface area contributed by atoms with Gasteiger partial charge in [-0.1, -0.05) is 11.6 Å². The third-order valence-corrected chi connectivity index (χ3v) is 2.93. The van der Waals surface area contributed by atoms with E-state index in [-0.39, 0.29) is 23.3 Å². The molecule has 0 aromatic carbocycles. The lowest BCUT2D eigenvalue weighted by Gasteiger charge is -2.36. The van der Waals surface area contributed by atoms with Crippen molar-refractivity contribution in [2.24, 2.45) is 0 Å². The molecule has 0 saturated heterocycles. The summed E-state index contributed by atoms with van der Waals surface area (Å²) in [6.07, 6.45) is 2.48. The van der Waals surface area contributed by atoms with E-state index in [2.05, 4.69) is 15.5 Å². The second kappa shape index (κ2) is 4.35. The average molecular weight is 242 g/mol. The summed E-state index contributed by atoms with van der Waals surface area (Å²) >= 11 is 5.55. The van der Waals surface area contributed by atoms with Crippen LogP contribution in [0.5, 0.6) is 0 Å². The van der Waals surface area contributed by atoms with Crippen molar-refractivity contribution in [3.8, 4) is 0 Å². The summed E-state index contributed by atoms with van der Waals surface area (Å²) in [6, 6.07) is 3.00. The molecule has 0 radical (unpaired) electrons. The molecular formula is C10H12ClN3O2. The maximum Gasteiger partial charge on any atom is 0.271 e. The van der Waals surface area contributed by atoms with E-state index in [0.717, 1.165) is 19.3 Å². The van der Waals surface area contributed by atoms with E-state index in [1.54, 1.807) is 0 Å². The largest absolute Gasteiger partial charge is 0.388 e. The normalized spacial score (nSPS) is 17.6. The first-order valence-corrected chi connectivity index (χ1v) is 5.47. The molecule has 86 valence electrons. The number of aliphatic hydroxyl groups is 1. The fraction of sp³-hybridized carbons (Fsp3) is 0.500. The summed E-state index contributed by atoms with van der Waals surface area (Å²) in [5, 5.41) is 19.9. The Bertz CT molecular complexity index is 390. The van der Waals surface area contributed by atoms with Crippen molar-refractivity contribution in [3.63, 3.8) is 0 Å². The molecule has 0 unspecified atom stereocenters. The van der Waals surface area contributed by atoms with Crippen LogP contribution in [0.3, 0.4) is 0 Å². The highest BCUT2D eigenvalue weighted by molar-refractivity contribution is 6.29. The number of aromatic nitrogens is 2. The van der Waals surface area contributed by atoms with Crippen molar-refractivity contribution in [2.75, 3.05) is 6.54 Å². The first-order chi connectivity index (χ1) is 7.59. The fourth-order valence-corrected chi connectivity index (χ4v) is 1.63. The van der Waals surface area contributed by atoms with Crippen LogP contribution in [0.4, 0.5) is 0 Å². The summed E-state index contributed by atoms with van der Waals surface area (Å²) in [5.74, 6) is -0.343. The van der Waals surface area contributed by atoms with E-state index < -0.39 is 5.60 Å². The van der Waals surface area contributed by atoms with Gasteiger partial charge in [0.05, 0.1) is 5.60 Å². The lowest BCUT2D eigenvalue weighted by atomic mass is 9.80. The van der Waals surface area contributed by atoms with Crippen LogP contribution in [0.15, 0.2) is 12.1 Å². The molecule has 1 aliphatic carbocycles. The molecule has 6 heteroatoms. The van der Waals surface area contributed by atoms with Gasteiger partial charge in [-0.2, -0.15) is 0 Å². The van der Waals surface area contributed by atoms with E-state index in [9.17, 15) is 9.90 Å². The smallest absolute Gasteiger partial charge is 0.271 e.